The minimum Gasteiger partial charge on any atom is -0.493 e. The topological polar surface area (TPSA) is 30.5 Å². The molecule has 1 unspecified atom stereocenters. The summed E-state index contributed by atoms with van der Waals surface area (Å²) < 4.78 is 11.1. The van der Waals surface area contributed by atoms with Crippen molar-refractivity contribution in [3.63, 3.8) is 0 Å². The van der Waals surface area contributed by atoms with Crippen molar-refractivity contribution in [2.75, 3.05) is 20.8 Å². The third kappa shape index (κ3) is 4.14. The molecule has 0 radical (unpaired) electrons. The number of para-hydroxylation sites is 2. The summed E-state index contributed by atoms with van der Waals surface area (Å²) in [6, 6.07) is 8.49. The molecule has 1 N–H and O–H groups in total. The largest absolute Gasteiger partial charge is 0.493 e. The fraction of sp³-hybridized carbons (Fsp3) is 0.647. The Kier molecular flexibility index (Phi) is 6.19. The van der Waals surface area contributed by atoms with Crippen LogP contribution in [0.4, 0.5) is 0 Å². The van der Waals surface area contributed by atoms with Gasteiger partial charge in [0.15, 0.2) is 11.5 Å². The van der Waals surface area contributed by atoms with Gasteiger partial charge in [-0.25, -0.2) is 0 Å². The van der Waals surface area contributed by atoms with Crippen LogP contribution >= 0.6 is 0 Å². The molecule has 112 valence electrons. The van der Waals surface area contributed by atoms with Crippen molar-refractivity contribution in [1.82, 2.24) is 5.32 Å². The molecule has 0 bridgehead atoms. The zero-order chi connectivity index (χ0) is 14.2. The molecule has 20 heavy (non-hydrogen) atoms. The highest BCUT2D eigenvalue weighted by Gasteiger charge is 2.23. The highest BCUT2D eigenvalue weighted by atomic mass is 16.5. The van der Waals surface area contributed by atoms with E-state index in [4.69, 9.17) is 9.47 Å². The zero-order valence-electron chi connectivity index (χ0n) is 12.7. The molecule has 0 heterocycles. The molecular weight excluding hydrogens is 250 g/mol. The number of hydrogen-bond donors (Lipinski definition) is 1. The summed E-state index contributed by atoms with van der Waals surface area (Å²) in [6.45, 7) is 0.755. The van der Waals surface area contributed by atoms with Gasteiger partial charge < -0.3 is 14.8 Å². The van der Waals surface area contributed by atoms with Gasteiger partial charge in [-0.3, -0.25) is 0 Å². The number of methoxy groups -OCH3 is 1. The molecule has 1 aliphatic carbocycles. The van der Waals surface area contributed by atoms with Crippen LogP contribution in [0.25, 0.3) is 0 Å². The van der Waals surface area contributed by atoms with Crippen molar-refractivity contribution < 1.29 is 9.47 Å². The Morgan fingerprint density at radius 2 is 1.90 bits per heavy atom. The fourth-order valence-electron chi connectivity index (χ4n) is 3.20. The molecule has 0 aliphatic heterocycles. The van der Waals surface area contributed by atoms with Gasteiger partial charge in [0.1, 0.15) is 0 Å². The van der Waals surface area contributed by atoms with E-state index >= 15 is 0 Å². The standard InChI is InChI=1S/C17H27NO2/c1-18-15(14-8-3-4-9-14)10-7-13-20-17-12-6-5-11-16(17)19-2/h5-6,11-12,14-15,18H,3-4,7-10,13H2,1-2H3. The second-order valence-electron chi connectivity index (χ2n) is 5.58. The average molecular weight is 277 g/mol. The molecule has 1 fully saturated rings. The molecule has 0 spiro atoms. The van der Waals surface area contributed by atoms with Crippen LogP contribution in [-0.4, -0.2) is 26.8 Å². The van der Waals surface area contributed by atoms with E-state index in [0.29, 0.717) is 6.04 Å². The lowest BCUT2D eigenvalue weighted by atomic mass is 9.94. The van der Waals surface area contributed by atoms with Crippen molar-refractivity contribution in [1.29, 1.82) is 0 Å². The van der Waals surface area contributed by atoms with Crippen LogP contribution in [0, 0.1) is 5.92 Å². The first-order chi connectivity index (χ1) is 9.85. The Labute approximate surface area is 122 Å². The first-order valence-corrected chi connectivity index (χ1v) is 7.78. The lowest BCUT2D eigenvalue weighted by Crippen LogP contribution is -2.32. The van der Waals surface area contributed by atoms with E-state index in [9.17, 15) is 0 Å². The molecule has 1 aromatic carbocycles. The maximum atomic E-state index is 5.83. The van der Waals surface area contributed by atoms with Gasteiger partial charge >= 0.3 is 0 Å². The van der Waals surface area contributed by atoms with Gasteiger partial charge in [-0.2, -0.15) is 0 Å². The van der Waals surface area contributed by atoms with Crippen molar-refractivity contribution in [2.24, 2.45) is 5.92 Å². The van der Waals surface area contributed by atoms with Crippen molar-refractivity contribution in [3.05, 3.63) is 24.3 Å². The van der Waals surface area contributed by atoms with Crippen LogP contribution in [0.3, 0.4) is 0 Å². The highest BCUT2D eigenvalue weighted by molar-refractivity contribution is 5.39. The summed E-state index contributed by atoms with van der Waals surface area (Å²) >= 11 is 0. The van der Waals surface area contributed by atoms with Gasteiger partial charge in [-0.1, -0.05) is 25.0 Å². The first-order valence-electron chi connectivity index (χ1n) is 7.78. The third-order valence-corrected chi connectivity index (χ3v) is 4.33. The van der Waals surface area contributed by atoms with Crippen molar-refractivity contribution in [3.8, 4) is 11.5 Å². The van der Waals surface area contributed by atoms with Crippen LogP contribution in [-0.2, 0) is 0 Å². The smallest absolute Gasteiger partial charge is 0.161 e. The van der Waals surface area contributed by atoms with Gasteiger partial charge in [-0.15, -0.1) is 0 Å². The number of nitrogens with one attached hydrogen (secondary N) is 1. The van der Waals surface area contributed by atoms with Gasteiger partial charge in [0.2, 0.25) is 0 Å². The predicted molar refractivity (Wildman–Crippen MR) is 82.5 cm³/mol. The summed E-state index contributed by atoms with van der Waals surface area (Å²) in [7, 11) is 3.77. The summed E-state index contributed by atoms with van der Waals surface area (Å²) in [5, 5.41) is 3.48. The average Bonchev–Trinajstić information content (AvgIpc) is 3.02. The van der Waals surface area contributed by atoms with Crippen LogP contribution in [0.2, 0.25) is 0 Å². The SMILES string of the molecule is CNC(CCCOc1ccccc1OC)C1CCCC1. The molecule has 1 saturated carbocycles. The van der Waals surface area contributed by atoms with Gasteiger partial charge in [0.25, 0.3) is 0 Å². The Morgan fingerprint density at radius 3 is 2.55 bits per heavy atom. The summed E-state index contributed by atoms with van der Waals surface area (Å²) in [5.74, 6) is 2.52. The summed E-state index contributed by atoms with van der Waals surface area (Å²) in [6.07, 6.45) is 7.86. The lowest BCUT2D eigenvalue weighted by molar-refractivity contribution is 0.266. The Bertz CT molecular complexity index is 388. The molecule has 1 aromatic rings. The minimum atomic E-state index is 0.652. The Hall–Kier alpha value is -1.22. The second-order valence-corrected chi connectivity index (χ2v) is 5.58. The van der Waals surface area contributed by atoms with Crippen LogP contribution in [0.5, 0.6) is 11.5 Å². The Morgan fingerprint density at radius 1 is 1.20 bits per heavy atom. The molecule has 3 nitrogen and oxygen atoms in total. The van der Waals surface area contributed by atoms with E-state index in [-0.39, 0.29) is 0 Å². The van der Waals surface area contributed by atoms with Crippen LogP contribution in [0.1, 0.15) is 38.5 Å². The van der Waals surface area contributed by atoms with Crippen molar-refractivity contribution in [2.45, 2.75) is 44.6 Å². The third-order valence-electron chi connectivity index (χ3n) is 4.33. The number of benzene rings is 1. The van der Waals surface area contributed by atoms with E-state index in [1.165, 1.54) is 32.1 Å². The molecule has 0 aromatic heterocycles. The van der Waals surface area contributed by atoms with E-state index in [2.05, 4.69) is 12.4 Å². The van der Waals surface area contributed by atoms with E-state index in [1.807, 2.05) is 24.3 Å². The summed E-state index contributed by atoms with van der Waals surface area (Å²) in [4.78, 5) is 0. The number of hydrogen-bond acceptors (Lipinski definition) is 3. The van der Waals surface area contributed by atoms with Crippen molar-refractivity contribution >= 4 is 0 Å². The molecule has 1 atom stereocenters. The molecule has 3 heteroatoms. The van der Waals surface area contributed by atoms with E-state index < -0.39 is 0 Å². The minimum absolute atomic E-state index is 0.652. The molecule has 2 rings (SSSR count). The van der Waals surface area contributed by atoms with Gasteiger partial charge in [-0.05, 0) is 50.8 Å². The lowest BCUT2D eigenvalue weighted by Gasteiger charge is -2.22. The normalized spacial score (nSPS) is 17.1. The molecule has 0 amide bonds. The van der Waals surface area contributed by atoms with E-state index in [0.717, 1.165) is 30.4 Å². The summed E-state index contributed by atoms with van der Waals surface area (Å²) in [5.41, 5.74) is 0. The molecule has 1 aliphatic rings. The quantitative estimate of drug-likeness (QED) is 0.736. The predicted octanol–water partition coefficient (Wildman–Crippen LogP) is 3.63. The monoisotopic (exact) mass is 277 g/mol. The van der Waals surface area contributed by atoms with Crippen LogP contribution < -0.4 is 14.8 Å². The van der Waals surface area contributed by atoms with Crippen LogP contribution in [0.15, 0.2) is 24.3 Å². The maximum absolute atomic E-state index is 5.83. The second kappa shape index (κ2) is 8.15. The molecule has 0 saturated heterocycles. The fourth-order valence-corrected chi connectivity index (χ4v) is 3.20. The maximum Gasteiger partial charge on any atom is 0.161 e. The highest BCUT2D eigenvalue weighted by Crippen LogP contribution is 2.30. The number of rotatable bonds is 8. The Balaban J connectivity index is 1.72. The first kappa shape index (κ1) is 15.2. The van der Waals surface area contributed by atoms with Gasteiger partial charge in [0, 0.05) is 6.04 Å². The zero-order valence-corrected chi connectivity index (χ0v) is 12.7. The molecular formula is C17H27NO2. The number of ether oxygens (including phenoxy) is 2. The van der Waals surface area contributed by atoms with E-state index in [1.54, 1.807) is 7.11 Å². The van der Waals surface area contributed by atoms with Gasteiger partial charge in [0.05, 0.1) is 13.7 Å².